The van der Waals surface area contributed by atoms with Gasteiger partial charge >= 0.3 is 5.97 Å². The SMILES string of the molecule is CC(C)COc1ccc(CCNC(=O)C2CCC(C(=O)O)CC2)cc1. The van der Waals surface area contributed by atoms with Gasteiger partial charge in [-0.3, -0.25) is 9.59 Å². The summed E-state index contributed by atoms with van der Waals surface area (Å²) in [4.78, 5) is 23.1. The van der Waals surface area contributed by atoms with Crippen molar-refractivity contribution >= 4 is 11.9 Å². The minimum atomic E-state index is -0.736. The summed E-state index contributed by atoms with van der Waals surface area (Å²) >= 11 is 0. The summed E-state index contributed by atoms with van der Waals surface area (Å²) in [5, 5.41) is 12.0. The molecule has 1 fully saturated rings. The molecule has 25 heavy (non-hydrogen) atoms. The molecule has 0 aliphatic heterocycles. The van der Waals surface area contributed by atoms with Gasteiger partial charge in [-0.05, 0) is 55.7 Å². The normalized spacial score (nSPS) is 20.3. The van der Waals surface area contributed by atoms with Crippen LogP contribution in [-0.4, -0.2) is 30.1 Å². The smallest absolute Gasteiger partial charge is 0.306 e. The van der Waals surface area contributed by atoms with Crippen molar-refractivity contribution < 1.29 is 19.4 Å². The molecule has 0 atom stereocenters. The van der Waals surface area contributed by atoms with Crippen LogP contribution in [0, 0.1) is 17.8 Å². The van der Waals surface area contributed by atoms with E-state index in [4.69, 9.17) is 9.84 Å². The van der Waals surface area contributed by atoms with Crippen LogP contribution in [0.2, 0.25) is 0 Å². The Morgan fingerprint density at radius 2 is 1.72 bits per heavy atom. The Morgan fingerprint density at radius 3 is 2.28 bits per heavy atom. The molecule has 1 aliphatic carbocycles. The quantitative estimate of drug-likeness (QED) is 0.757. The molecule has 0 radical (unpaired) electrons. The standard InChI is InChI=1S/C20H29NO4/c1-14(2)13-25-18-9-3-15(4-10-18)11-12-21-19(22)16-5-7-17(8-6-16)20(23)24/h3-4,9-10,14,16-17H,5-8,11-13H2,1-2H3,(H,21,22)(H,23,24). The van der Waals surface area contributed by atoms with E-state index >= 15 is 0 Å². The Hall–Kier alpha value is -2.04. The maximum Gasteiger partial charge on any atom is 0.306 e. The molecule has 1 aliphatic rings. The number of carboxylic acids is 1. The van der Waals surface area contributed by atoms with Crippen LogP contribution in [0.1, 0.15) is 45.1 Å². The third kappa shape index (κ3) is 6.40. The van der Waals surface area contributed by atoms with Crippen molar-refractivity contribution in [2.75, 3.05) is 13.2 Å². The van der Waals surface area contributed by atoms with E-state index in [-0.39, 0.29) is 17.7 Å². The number of hydrogen-bond acceptors (Lipinski definition) is 3. The highest BCUT2D eigenvalue weighted by Gasteiger charge is 2.29. The topological polar surface area (TPSA) is 75.6 Å². The number of rotatable bonds is 8. The zero-order chi connectivity index (χ0) is 18.2. The monoisotopic (exact) mass is 347 g/mol. The van der Waals surface area contributed by atoms with Gasteiger partial charge in [0.2, 0.25) is 5.91 Å². The molecule has 138 valence electrons. The predicted octanol–water partition coefficient (Wildman–Crippen LogP) is 3.27. The van der Waals surface area contributed by atoms with Crippen molar-refractivity contribution in [2.24, 2.45) is 17.8 Å². The first-order valence-electron chi connectivity index (χ1n) is 9.18. The average Bonchev–Trinajstić information content (AvgIpc) is 2.61. The molecule has 1 aromatic rings. The Labute approximate surface area is 149 Å². The van der Waals surface area contributed by atoms with Crippen molar-refractivity contribution in [1.82, 2.24) is 5.32 Å². The zero-order valence-corrected chi connectivity index (χ0v) is 15.2. The van der Waals surface area contributed by atoms with E-state index in [1.807, 2.05) is 24.3 Å². The lowest BCUT2D eigenvalue weighted by molar-refractivity contribution is -0.144. The second-order valence-electron chi connectivity index (χ2n) is 7.28. The van der Waals surface area contributed by atoms with Gasteiger partial charge in [-0.2, -0.15) is 0 Å². The summed E-state index contributed by atoms with van der Waals surface area (Å²) in [7, 11) is 0. The number of ether oxygens (including phenoxy) is 1. The van der Waals surface area contributed by atoms with Crippen molar-refractivity contribution in [2.45, 2.75) is 46.0 Å². The fourth-order valence-electron chi connectivity index (χ4n) is 3.09. The average molecular weight is 347 g/mol. The lowest BCUT2D eigenvalue weighted by Crippen LogP contribution is -2.35. The molecule has 0 saturated heterocycles. The third-order valence-corrected chi connectivity index (χ3v) is 4.67. The van der Waals surface area contributed by atoms with Crippen molar-refractivity contribution in [1.29, 1.82) is 0 Å². The number of hydrogen-bond donors (Lipinski definition) is 2. The molecule has 1 aromatic carbocycles. The summed E-state index contributed by atoms with van der Waals surface area (Å²) in [5.74, 6) is 0.375. The summed E-state index contributed by atoms with van der Waals surface area (Å²) in [6.45, 7) is 5.54. The minimum Gasteiger partial charge on any atom is -0.493 e. The molecule has 5 nitrogen and oxygen atoms in total. The first-order chi connectivity index (χ1) is 12.0. The van der Waals surface area contributed by atoms with Gasteiger partial charge in [0.15, 0.2) is 0 Å². The Bertz CT molecular complexity index is 560. The molecular formula is C20H29NO4. The molecule has 2 N–H and O–H groups in total. The molecule has 0 unspecified atom stereocenters. The first-order valence-corrected chi connectivity index (χ1v) is 9.18. The van der Waals surface area contributed by atoms with Crippen LogP contribution in [0.25, 0.3) is 0 Å². The Balaban J connectivity index is 1.68. The van der Waals surface area contributed by atoms with Crippen LogP contribution >= 0.6 is 0 Å². The van der Waals surface area contributed by atoms with E-state index in [0.717, 1.165) is 17.7 Å². The van der Waals surface area contributed by atoms with Gasteiger partial charge < -0.3 is 15.2 Å². The van der Waals surface area contributed by atoms with Crippen LogP contribution in [-0.2, 0) is 16.0 Å². The number of amides is 1. The number of carbonyl (C=O) groups is 2. The fraction of sp³-hybridized carbons (Fsp3) is 0.600. The van der Waals surface area contributed by atoms with E-state index in [9.17, 15) is 9.59 Å². The van der Waals surface area contributed by atoms with Crippen LogP contribution in [0.15, 0.2) is 24.3 Å². The molecule has 1 amide bonds. The minimum absolute atomic E-state index is 0.0394. The van der Waals surface area contributed by atoms with E-state index in [2.05, 4.69) is 19.2 Å². The fourth-order valence-corrected chi connectivity index (χ4v) is 3.09. The number of benzene rings is 1. The lowest BCUT2D eigenvalue weighted by atomic mass is 9.81. The molecule has 1 saturated carbocycles. The largest absolute Gasteiger partial charge is 0.493 e. The first kappa shape index (κ1) is 19.3. The van der Waals surface area contributed by atoms with Gasteiger partial charge in [-0.15, -0.1) is 0 Å². The van der Waals surface area contributed by atoms with Crippen molar-refractivity contribution in [3.8, 4) is 5.75 Å². The molecule has 2 rings (SSSR count). The number of carboxylic acid groups (broad SMARTS) is 1. The number of carbonyl (C=O) groups excluding carboxylic acids is 1. The number of aliphatic carboxylic acids is 1. The van der Waals surface area contributed by atoms with E-state index in [0.29, 0.717) is 44.8 Å². The summed E-state index contributed by atoms with van der Waals surface area (Å²) in [5.41, 5.74) is 1.16. The molecule has 0 bridgehead atoms. The zero-order valence-electron chi connectivity index (χ0n) is 15.2. The van der Waals surface area contributed by atoms with Gasteiger partial charge in [-0.1, -0.05) is 26.0 Å². The van der Waals surface area contributed by atoms with Gasteiger partial charge in [0.1, 0.15) is 5.75 Å². The van der Waals surface area contributed by atoms with Crippen LogP contribution < -0.4 is 10.1 Å². The van der Waals surface area contributed by atoms with Gasteiger partial charge in [0.05, 0.1) is 12.5 Å². The highest BCUT2D eigenvalue weighted by molar-refractivity contribution is 5.79. The summed E-state index contributed by atoms with van der Waals surface area (Å²) in [6.07, 6.45) is 3.33. The van der Waals surface area contributed by atoms with Gasteiger partial charge in [-0.25, -0.2) is 0 Å². The van der Waals surface area contributed by atoms with Crippen LogP contribution in [0.4, 0.5) is 0 Å². The molecule has 0 aromatic heterocycles. The van der Waals surface area contributed by atoms with E-state index in [1.54, 1.807) is 0 Å². The Kier molecular flexibility index (Phi) is 7.29. The van der Waals surface area contributed by atoms with E-state index in [1.165, 1.54) is 0 Å². The molecular weight excluding hydrogens is 318 g/mol. The summed E-state index contributed by atoms with van der Waals surface area (Å²) in [6, 6.07) is 7.99. The predicted molar refractivity (Wildman–Crippen MR) is 96.6 cm³/mol. The number of nitrogens with one attached hydrogen (secondary N) is 1. The second-order valence-corrected chi connectivity index (χ2v) is 7.28. The Morgan fingerprint density at radius 1 is 1.12 bits per heavy atom. The summed E-state index contributed by atoms with van der Waals surface area (Å²) < 4.78 is 5.66. The second kappa shape index (κ2) is 9.44. The highest BCUT2D eigenvalue weighted by Crippen LogP contribution is 2.29. The maximum atomic E-state index is 12.2. The third-order valence-electron chi connectivity index (χ3n) is 4.67. The lowest BCUT2D eigenvalue weighted by Gasteiger charge is -2.25. The highest BCUT2D eigenvalue weighted by atomic mass is 16.5. The van der Waals surface area contributed by atoms with E-state index < -0.39 is 5.97 Å². The maximum absolute atomic E-state index is 12.2. The van der Waals surface area contributed by atoms with Crippen LogP contribution in [0.3, 0.4) is 0 Å². The van der Waals surface area contributed by atoms with Crippen LogP contribution in [0.5, 0.6) is 5.75 Å². The van der Waals surface area contributed by atoms with Gasteiger partial charge in [0.25, 0.3) is 0 Å². The van der Waals surface area contributed by atoms with Gasteiger partial charge in [0, 0.05) is 12.5 Å². The van der Waals surface area contributed by atoms with Crippen molar-refractivity contribution in [3.63, 3.8) is 0 Å². The molecule has 5 heteroatoms. The molecule has 0 heterocycles. The van der Waals surface area contributed by atoms with Crippen molar-refractivity contribution in [3.05, 3.63) is 29.8 Å². The molecule has 0 spiro atoms.